The molecule has 0 aliphatic rings. The summed E-state index contributed by atoms with van der Waals surface area (Å²) in [4.78, 5) is 4.00. The molecule has 0 aliphatic carbocycles. The van der Waals surface area contributed by atoms with Gasteiger partial charge in [-0.2, -0.15) is 0 Å². The molecular weight excluding hydrogens is 152 g/mol. The molecule has 3 heteroatoms. The third kappa shape index (κ3) is 2.03. The van der Waals surface area contributed by atoms with Crippen LogP contribution in [-0.2, 0) is 0 Å². The van der Waals surface area contributed by atoms with Crippen molar-refractivity contribution in [2.75, 3.05) is 0 Å². The average molecular weight is 166 g/mol. The minimum Gasteiger partial charge on any atom is -0.391 e. The number of hydrogen-bond acceptors (Lipinski definition) is 3. The molecule has 66 valence electrons. The molecule has 1 rings (SSSR count). The van der Waals surface area contributed by atoms with Crippen LogP contribution >= 0.6 is 0 Å². The van der Waals surface area contributed by atoms with E-state index in [1.807, 2.05) is 13.0 Å². The average Bonchev–Trinajstić information content (AvgIpc) is 2.03. The lowest BCUT2D eigenvalue weighted by atomic mass is 10.0. The minimum absolute atomic E-state index is 0.336. The van der Waals surface area contributed by atoms with Gasteiger partial charge in [-0.3, -0.25) is 4.98 Å². The van der Waals surface area contributed by atoms with Gasteiger partial charge in [0.15, 0.2) is 0 Å². The van der Waals surface area contributed by atoms with Crippen LogP contribution in [-0.4, -0.2) is 16.2 Å². The van der Waals surface area contributed by atoms with Crippen LogP contribution < -0.4 is 5.73 Å². The smallest absolute Gasteiger partial charge is 0.0705 e. The highest BCUT2D eigenvalue weighted by Gasteiger charge is 2.11. The molecule has 0 aliphatic heterocycles. The monoisotopic (exact) mass is 166 g/mol. The van der Waals surface area contributed by atoms with Crippen molar-refractivity contribution in [2.24, 2.45) is 5.73 Å². The van der Waals surface area contributed by atoms with Gasteiger partial charge in [0.05, 0.1) is 12.1 Å². The predicted octanol–water partition coefficient (Wildman–Crippen LogP) is 0.771. The van der Waals surface area contributed by atoms with Crippen molar-refractivity contribution < 1.29 is 5.11 Å². The topological polar surface area (TPSA) is 59.1 Å². The van der Waals surface area contributed by atoms with E-state index in [-0.39, 0.29) is 6.04 Å². The summed E-state index contributed by atoms with van der Waals surface area (Å²) in [5, 5.41) is 9.21. The number of nitrogens with two attached hydrogens (primary N) is 1. The highest BCUT2D eigenvalue weighted by atomic mass is 16.3. The quantitative estimate of drug-likeness (QED) is 0.682. The Bertz CT molecular complexity index is 260. The summed E-state index contributed by atoms with van der Waals surface area (Å²) in [5.74, 6) is 0. The van der Waals surface area contributed by atoms with Gasteiger partial charge in [-0.15, -0.1) is 0 Å². The number of aromatic nitrogens is 1. The maximum atomic E-state index is 9.21. The summed E-state index contributed by atoms with van der Waals surface area (Å²) in [6.07, 6.45) is 2.91. The summed E-state index contributed by atoms with van der Waals surface area (Å²) < 4.78 is 0. The third-order valence-electron chi connectivity index (χ3n) is 1.80. The fraction of sp³-hybridized carbons (Fsp3) is 0.444. The molecule has 3 N–H and O–H groups in total. The maximum absolute atomic E-state index is 9.21. The molecular formula is C9H14N2O. The predicted molar refractivity (Wildman–Crippen MR) is 47.6 cm³/mol. The maximum Gasteiger partial charge on any atom is 0.0705 e. The standard InChI is InChI=1S/C9H14N2O/c1-6-3-8(5-11-4-6)9(10)7(2)12/h3-5,7,9,12H,10H2,1-2H3/t7-,9+/m0/s1. The van der Waals surface area contributed by atoms with E-state index in [0.717, 1.165) is 11.1 Å². The Morgan fingerprint density at radius 2 is 2.17 bits per heavy atom. The Morgan fingerprint density at radius 1 is 1.50 bits per heavy atom. The number of aliphatic hydroxyl groups is 1. The molecule has 0 fully saturated rings. The first-order valence-electron chi connectivity index (χ1n) is 3.96. The molecule has 0 amide bonds. The van der Waals surface area contributed by atoms with Crippen LogP contribution in [0, 0.1) is 6.92 Å². The van der Waals surface area contributed by atoms with E-state index in [2.05, 4.69) is 4.98 Å². The minimum atomic E-state index is -0.534. The number of aryl methyl sites for hydroxylation is 1. The van der Waals surface area contributed by atoms with Crippen LogP contribution in [0.3, 0.4) is 0 Å². The Hall–Kier alpha value is -0.930. The van der Waals surface area contributed by atoms with Gasteiger partial charge < -0.3 is 10.8 Å². The lowest BCUT2D eigenvalue weighted by molar-refractivity contribution is 0.164. The summed E-state index contributed by atoms with van der Waals surface area (Å²) in [6, 6.07) is 1.60. The van der Waals surface area contributed by atoms with Crippen molar-refractivity contribution in [3.8, 4) is 0 Å². The van der Waals surface area contributed by atoms with E-state index in [9.17, 15) is 5.11 Å². The van der Waals surface area contributed by atoms with Crippen molar-refractivity contribution in [3.05, 3.63) is 29.6 Å². The number of nitrogens with zero attached hydrogens (tertiary/aromatic N) is 1. The van der Waals surface area contributed by atoms with Crippen molar-refractivity contribution >= 4 is 0 Å². The van der Waals surface area contributed by atoms with Crippen LogP contribution in [0.4, 0.5) is 0 Å². The second-order valence-corrected chi connectivity index (χ2v) is 3.06. The first kappa shape index (κ1) is 9.16. The molecule has 2 atom stereocenters. The zero-order valence-corrected chi connectivity index (χ0v) is 7.36. The first-order valence-corrected chi connectivity index (χ1v) is 3.96. The fourth-order valence-electron chi connectivity index (χ4n) is 1.04. The molecule has 0 saturated heterocycles. The second kappa shape index (κ2) is 3.65. The van der Waals surface area contributed by atoms with E-state index in [1.54, 1.807) is 19.3 Å². The van der Waals surface area contributed by atoms with Gasteiger partial charge >= 0.3 is 0 Å². The van der Waals surface area contributed by atoms with Gasteiger partial charge in [0, 0.05) is 12.4 Å². The van der Waals surface area contributed by atoms with E-state index < -0.39 is 6.10 Å². The highest BCUT2D eigenvalue weighted by Crippen LogP contribution is 2.13. The Morgan fingerprint density at radius 3 is 2.67 bits per heavy atom. The van der Waals surface area contributed by atoms with Crippen molar-refractivity contribution in [1.29, 1.82) is 0 Å². The van der Waals surface area contributed by atoms with Crippen molar-refractivity contribution in [1.82, 2.24) is 4.98 Å². The first-order chi connectivity index (χ1) is 5.61. The lowest BCUT2D eigenvalue weighted by Crippen LogP contribution is -2.23. The fourth-order valence-corrected chi connectivity index (χ4v) is 1.04. The normalized spacial score (nSPS) is 15.7. The van der Waals surface area contributed by atoms with Crippen molar-refractivity contribution in [2.45, 2.75) is 26.0 Å². The van der Waals surface area contributed by atoms with Gasteiger partial charge in [0.25, 0.3) is 0 Å². The van der Waals surface area contributed by atoms with Gasteiger partial charge in [-0.25, -0.2) is 0 Å². The SMILES string of the molecule is Cc1cncc([C@H](N)[C@H](C)O)c1. The molecule has 0 bridgehead atoms. The Labute approximate surface area is 72.2 Å². The van der Waals surface area contributed by atoms with Crippen molar-refractivity contribution in [3.63, 3.8) is 0 Å². The molecule has 0 aromatic carbocycles. The molecule has 0 spiro atoms. The van der Waals surface area contributed by atoms with Gasteiger partial charge in [-0.1, -0.05) is 6.07 Å². The lowest BCUT2D eigenvalue weighted by Gasteiger charge is -2.14. The molecule has 3 nitrogen and oxygen atoms in total. The van der Waals surface area contributed by atoms with Gasteiger partial charge in [0.2, 0.25) is 0 Å². The summed E-state index contributed by atoms with van der Waals surface area (Å²) in [7, 11) is 0. The van der Waals surface area contributed by atoms with Crippen LogP contribution in [0.5, 0.6) is 0 Å². The Balaban J connectivity index is 2.88. The molecule has 1 aromatic heterocycles. The number of aliphatic hydroxyl groups excluding tert-OH is 1. The van der Waals surface area contributed by atoms with Gasteiger partial charge in [0.1, 0.15) is 0 Å². The van der Waals surface area contributed by atoms with Crippen LogP contribution in [0.15, 0.2) is 18.5 Å². The third-order valence-corrected chi connectivity index (χ3v) is 1.80. The van der Waals surface area contributed by atoms with Gasteiger partial charge in [-0.05, 0) is 25.0 Å². The molecule has 0 unspecified atom stereocenters. The van der Waals surface area contributed by atoms with E-state index in [4.69, 9.17) is 5.73 Å². The zero-order valence-electron chi connectivity index (χ0n) is 7.36. The number of rotatable bonds is 2. The molecule has 0 radical (unpaired) electrons. The second-order valence-electron chi connectivity index (χ2n) is 3.06. The molecule has 1 heterocycles. The van der Waals surface area contributed by atoms with Crippen LogP contribution in [0.1, 0.15) is 24.1 Å². The molecule has 12 heavy (non-hydrogen) atoms. The summed E-state index contributed by atoms with van der Waals surface area (Å²) >= 11 is 0. The van der Waals surface area contributed by atoms with Crippen LogP contribution in [0.2, 0.25) is 0 Å². The Kier molecular flexibility index (Phi) is 2.78. The summed E-state index contributed by atoms with van der Waals surface area (Å²) in [6.45, 7) is 3.62. The number of hydrogen-bond donors (Lipinski definition) is 2. The largest absolute Gasteiger partial charge is 0.391 e. The van der Waals surface area contributed by atoms with E-state index in [1.165, 1.54) is 0 Å². The van der Waals surface area contributed by atoms with E-state index >= 15 is 0 Å². The highest BCUT2D eigenvalue weighted by molar-refractivity contribution is 5.20. The molecule has 1 aromatic rings. The summed E-state index contributed by atoms with van der Waals surface area (Å²) in [5.41, 5.74) is 7.66. The number of pyridine rings is 1. The molecule has 0 saturated carbocycles. The zero-order chi connectivity index (χ0) is 9.14. The van der Waals surface area contributed by atoms with Crippen LogP contribution in [0.25, 0.3) is 0 Å². The van der Waals surface area contributed by atoms with E-state index in [0.29, 0.717) is 0 Å².